The maximum absolute atomic E-state index is 13.4. The number of carbonyl (C=O) groups is 2. The van der Waals surface area contributed by atoms with E-state index in [0.29, 0.717) is 10.2 Å². The highest BCUT2D eigenvalue weighted by Gasteiger charge is 2.38. The Morgan fingerprint density at radius 1 is 1.40 bits per heavy atom. The summed E-state index contributed by atoms with van der Waals surface area (Å²) in [5.41, 5.74) is 1.37. The number of hydrogen-bond donors (Lipinski definition) is 0. The van der Waals surface area contributed by atoms with Crippen LogP contribution in [-0.2, 0) is 11.3 Å². The third-order valence-electron chi connectivity index (χ3n) is 2.94. The maximum atomic E-state index is 13.4. The van der Waals surface area contributed by atoms with Crippen LogP contribution in [-0.4, -0.2) is 16.7 Å². The Balaban J connectivity index is 2.06. The zero-order valence-electron chi connectivity index (χ0n) is 10.3. The van der Waals surface area contributed by atoms with Gasteiger partial charge in [-0.3, -0.25) is 14.5 Å². The molecule has 0 saturated heterocycles. The largest absolute Gasteiger partial charge is 0.299 e. The molecule has 7 heteroatoms. The molecule has 0 radical (unpaired) electrons. The molecule has 0 N–H and O–H groups in total. The lowest BCUT2D eigenvalue weighted by Crippen LogP contribution is -2.29. The molecule has 0 atom stereocenters. The zero-order chi connectivity index (χ0) is 14.4. The van der Waals surface area contributed by atoms with Crippen molar-refractivity contribution in [1.29, 1.82) is 0 Å². The van der Waals surface area contributed by atoms with E-state index in [-0.39, 0.29) is 12.1 Å². The number of ketones is 1. The number of thiazole rings is 1. The molecule has 102 valence electrons. The van der Waals surface area contributed by atoms with Gasteiger partial charge in [0, 0.05) is 15.5 Å². The molecule has 2 heterocycles. The second-order valence-corrected chi connectivity index (χ2v) is 6.18. The molecule has 1 aliphatic rings. The predicted molar refractivity (Wildman–Crippen MR) is 76.5 cm³/mol. The van der Waals surface area contributed by atoms with Crippen LogP contribution < -0.4 is 4.90 Å². The SMILES string of the molecule is Cc1csc(CN2C(=O)C(=O)c3cc(F)cc(Br)c32)n1. The minimum Gasteiger partial charge on any atom is -0.297 e. The fourth-order valence-corrected chi connectivity index (χ4v) is 3.52. The number of fused-ring (bicyclic) bond motifs is 1. The molecule has 1 amide bonds. The van der Waals surface area contributed by atoms with Gasteiger partial charge in [-0.05, 0) is 35.0 Å². The smallest absolute Gasteiger partial charge is 0.297 e. The molecule has 3 rings (SSSR count). The summed E-state index contributed by atoms with van der Waals surface area (Å²) < 4.78 is 13.7. The molecular weight excluding hydrogens is 347 g/mol. The number of benzene rings is 1. The van der Waals surface area contributed by atoms with Gasteiger partial charge in [0.25, 0.3) is 11.7 Å². The van der Waals surface area contributed by atoms with Gasteiger partial charge in [-0.25, -0.2) is 9.37 Å². The number of halogens is 2. The van der Waals surface area contributed by atoms with Gasteiger partial charge in [-0.15, -0.1) is 11.3 Å². The van der Waals surface area contributed by atoms with Crippen LogP contribution in [0, 0.1) is 12.7 Å². The average molecular weight is 355 g/mol. The average Bonchev–Trinajstić information content (AvgIpc) is 2.88. The fraction of sp³-hybridized carbons (Fsp3) is 0.154. The summed E-state index contributed by atoms with van der Waals surface area (Å²) in [5, 5.41) is 2.60. The van der Waals surface area contributed by atoms with Crippen molar-refractivity contribution in [2.24, 2.45) is 0 Å². The van der Waals surface area contributed by atoms with E-state index in [1.807, 2.05) is 12.3 Å². The summed E-state index contributed by atoms with van der Waals surface area (Å²) in [5.74, 6) is -1.89. The molecule has 1 aromatic heterocycles. The van der Waals surface area contributed by atoms with Crippen molar-refractivity contribution in [2.75, 3.05) is 4.90 Å². The van der Waals surface area contributed by atoms with Crippen LogP contribution in [0.1, 0.15) is 21.1 Å². The number of anilines is 1. The molecule has 0 unspecified atom stereocenters. The van der Waals surface area contributed by atoms with Gasteiger partial charge in [-0.1, -0.05) is 0 Å². The third-order valence-corrected chi connectivity index (χ3v) is 4.50. The van der Waals surface area contributed by atoms with Crippen molar-refractivity contribution in [3.05, 3.63) is 44.1 Å². The van der Waals surface area contributed by atoms with Crippen LogP contribution in [0.5, 0.6) is 0 Å². The number of carbonyl (C=O) groups excluding carboxylic acids is 2. The Kier molecular flexibility index (Phi) is 3.18. The number of amides is 1. The van der Waals surface area contributed by atoms with E-state index in [1.54, 1.807) is 0 Å². The highest BCUT2D eigenvalue weighted by atomic mass is 79.9. The summed E-state index contributed by atoms with van der Waals surface area (Å²) in [6.45, 7) is 2.07. The Morgan fingerprint density at radius 2 is 2.15 bits per heavy atom. The predicted octanol–water partition coefficient (Wildman–Crippen LogP) is 3.08. The molecule has 0 bridgehead atoms. The minimum absolute atomic E-state index is 0.0927. The van der Waals surface area contributed by atoms with Crippen LogP contribution >= 0.6 is 27.3 Å². The molecule has 0 saturated carbocycles. The van der Waals surface area contributed by atoms with Crippen LogP contribution in [0.3, 0.4) is 0 Å². The van der Waals surface area contributed by atoms with Crippen molar-refractivity contribution >= 4 is 44.6 Å². The topological polar surface area (TPSA) is 50.3 Å². The van der Waals surface area contributed by atoms with E-state index in [9.17, 15) is 14.0 Å². The molecule has 0 aliphatic carbocycles. The van der Waals surface area contributed by atoms with E-state index in [4.69, 9.17) is 0 Å². The molecule has 2 aromatic rings. The Hall–Kier alpha value is -1.60. The lowest BCUT2D eigenvalue weighted by Gasteiger charge is -2.16. The van der Waals surface area contributed by atoms with Crippen molar-refractivity contribution in [1.82, 2.24) is 4.98 Å². The molecule has 0 spiro atoms. The molecular formula is C13H8BrFN2O2S. The third kappa shape index (κ3) is 2.06. The van der Waals surface area contributed by atoms with Crippen molar-refractivity contribution in [2.45, 2.75) is 13.5 Å². The first-order valence-electron chi connectivity index (χ1n) is 5.73. The maximum Gasteiger partial charge on any atom is 0.299 e. The molecule has 0 fully saturated rings. The monoisotopic (exact) mass is 354 g/mol. The van der Waals surface area contributed by atoms with Crippen molar-refractivity contribution < 1.29 is 14.0 Å². The molecule has 1 aromatic carbocycles. The van der Waals surface area contributed by atoms with Gasteiger partial charge in [0.15, 0.2) is 0 Å². The van der Waals surface area contributed by atoms with Gasteiger partial charge in [-0.2, -0.15) is 0 Å². The highest BCUT2D eigenvalue weighted by Crippen LogP contribution is 2.37. The summed E-state index contributed by atoms with van der Waals surface area (Å²) in [6, 6.07) is 2.33. The summed E-state index contributed by atoms with van der Waals surface area (Å²) in [7, 11) is 0. The number of aromatic nitrogens is 1. The quantitative estimate of drug-likeness (QED) is 0.778. The Morgan fingerprint density at radius 3 is 2.80 bits per heavy atom. The van der Waals surface area contributed by atoms with E-state index < -0.39 is 17.5 Å². The number of aryl methyl sites for hydroxylation is 1. The van der Waals surface area contributed by atoms with Gasteiger partial charge >= 0.3 is 0 Å². The van der Waals surface area contributed by atoms with E-state index in [2.05, 4.69) is 20.9 Å². The van der Waals surface area contributed by atoms with Gasteiger partial charge in [0.1, 0.15) is 10.8 Å². The van der Waals surface area contributed by atoms with Crippen molar-refractivity contribution in [3.8, 4) is 0 Å². The zero-order valence-corrected chi connectivity index (χ0v) is 12.7. The van der Waals surface area contributed by atoms with Crippen molar-refractivity contribution in [3.63, 3.8) is 0 Å². The first kappa shape index (κ1) is 13.4. The summed E-state index contributed by atoms with van der Waals surface area (Å²) in [6.07, 6.45) is 0. The molecule has 20 heavy (non-hydrogen) atoms. The minimum atomic E-state index is -0.687. The summed E-state index contributed by atoms with van der Waals surface area (Å²) >= 11 is 4.63. The van der Waals surface area contributed by atoms with Crippen LogP contribution in [0.25, 0.3) is 0 Å². The lowest BCUT2D eigenvalue weighted by atomic mass is 10.1. The van der Waals surface area contributed by atoms with Crippen LogP contribution in [0.2, 0.25) is 0 Å². The van der Waals surface area contributed by atoms with E-state index in [1.165, 1.54) is 22.3 Å². The fourth-order valence-electron chi connectivity index (χ4n) is 2.11. The molecule has 4 nitrogen and oxygen atoms in total. The standard InChI is InChI=1S/C13H8BrFN2O2S/c1-6-5-20-10(16-6)4-17-11-8(12(18)13(17)19)2-7(15)3-9(11)14/h2-3,5H,4H2,1H3. The summed E-state index contributed by atoms with van der Waals surface area (Å²) in [4.78, 5) is 29.6. The number of Topliss-reactive ketones (excluding diaryl/α,β-unsaturated/α-hetero) is 1. The number of nitrogens with zero attached hydrogens (tertiary/aromatic N) is 2. The van der Waals surface area contributed by atoms with Crippen LogP contribution in [0.4, 0.5) is 10.1 Å². The van der Waals surface area contributed by atoms with Gasteiger partial charge in [0.05, 0.1) is 17.8 Å². The lowest BCUT2D eigenvalue weighted by molar-refractivity contribution is -0.114. The first-order valence-corrected chi connectivity index (χ1v) is 7.41. The normalized spacial score (nSPS) is 14.1. The number of hydrogen-bond acceptors (Lipinski definition) is 4. The van der Waals surface area contributed by atoms with Gasteiger partial charge in [0.2, 0.25) is 0 Å². The number of rotatable bonds is 2. The highest BCUT2D eigenvalue weighted by molar-refractivity contribution is 9.10. The van der Waals surface area contributed by atoms with E-state index in [0.717, 1.165) is 16.8 Å². The van der Waals surface area contributed by atoms with Crippen LogP contribution in [0.15, 0.2) is 22.0 Å². The molecule has 1 aliphatic heterocycles. The van der Waals surface area contributed by atoms with E-state index >= 15 is 0 Å². The van der Waals surface area contributed by atoms with Gasteiger partial charge < -0.3 is 0 Å². The first-order chi connectivity index (χ1) is 9.47. The second-order valence-electron chi connectivity index (χ2n) is 4.39. The Labute approximate surface area is 126 Å². The Bertz CT molecular complexity index is 744. The second kappa shape index (κ2) is 4.75.